The van der Waals surface area contributed by atoms with E-state index in [0.29, 0.717) is 38.6 Å². The lowest BCUT2D eigenvalue weighted by atomic mass is 9.65. The molecule has 1 aromatic carbocycles. The minimum Gasteiger partial charge on any atom is -0.465 e. The first-order valence-corrected chi connectivity index (χ1v) is 14.2. The van der Waals surface area contributed by atoms with Gasteiger partial charge in [-0.25, -0.2) is 0 Å². The summed E-state index contributed by atoms with van der Waals surface area (Å²) in [5.74, 6) is -2.65. The number of nitrogens with zero attached hydrogens (tertiary/aromatic N) is 2. The van der Waals surface area contributed by atoms with Gasteiger partial charge >= 0.3 is 5.97 Å². The van der Waals surface area contributed by atoms with Crippen LogP contribution >= 0.6 is 0 Å². The Labute approximate surface area is 231 Å². The Kier molecular flexibility index (Phi) is 8.96. The van der Waals surface area contributed by atoms with Crippen LogP contribution in [0, 0.1) is 11.8 Å². The molecule has 2 unspecified atom stereocenters. The summed E-state index contributed by atoms with van der Waals surface area (Å²) in [5.41, 5.74) is -1.06. The van der Waals surface area contributed by atoms with Gasteiger partial charge in [0.05, 0.1) is 30.8 Å². The highest BCUT2D eigenvalue weighted by atomic mass is 16.6. The molecule has 3 aliphatic heterocycles. The molecule has 1 aromatic rings. The van der Waals surface area contributed by atoms with Crippen LogP contribution < -0.4 is 0 Å². The van der Waals surface area contributed by atoms with Crippen LogP contribution in [0.3, 0.4) is 0 Å². The normalized spacial score (nSPS) is 29.7. The van der Waals surface area contributed by atoms with E-state index in [2.05, 4.69) is 13.2 Å². The molecule has 1 spiro atoms. The zero-order chi connectivity index (χ0) is 28.2. The molecule has 4 rings (SSSR count). The molecule has 2 amide bonds. The first kappa shape index (κ1) is 29.0. The molecule has 8 heteroatoms. The molecule has 0 saturated carbocycles. The molecular weight excluding hydrogens is 496 g/mol. The van der Waals surface area contributed by atoms with Gasteiger partial charge in [-0.15, -0.1) is 13.2 Å². The van der Waals surface area contributed by atoms with Crippen molar-refractivity contribution in [1.82, 2.24) is 9.80 Å². The van der Waals surface area contributed by atoms with Crippen LogP contribution in [0.2, 0.25) is 0 Å². The van der Waals surface area contributed by atoms with E-state index in [9.17, 15) is 19.5 Å². The van der Waals surface area contributed by atoms with Crippen LogP contribution in [0.25, 0.3) is 0 Å². The molecule has 3 heterocycles. The van der Waals surface area contributed by atoms with Crippen molar-refractivity contribution in [2.45, 2.75) is 82.2 Å². The number of benzene rings is 1. The Balaban J connectivity index is 1.75. The molecule has 0 aliphatic carbocycles. The van der Waals surface area contributed by atoms with Crippen molar-refractivity contribution in [2.75, 3.05) is 19.8 Å². The van der Waals surface area contributed by atoms with Gasteiger partial charge in [-0.05, 0) is 44.1 Å². The summed E-state index contributed by atoms with van der Waals surface area (Å²) in [4.78, 5) is 45.5. The van der Waals surface area contributed by atoms with Gasteiger partial charge in [-0.2, -0.15) is 0 Å². The first-order chi connectivity index (χ1) is 18.8. The fourth-order valence-corrected chi connectivity index (χ4v) is 6.96. The van der Waals surface area contributed by atoms with Gasteiger partial charge in [0.2, 0.25) is 11.8 Å². The van der Waals surface area contributed by atoms with Crippen LogP contribution in [0.4, 0.5) is 0 Å². The summed E-state index contributed by atoms with van der Waals surface area (Å²) in [6.45, 7) is 12.0. The highest BCUT2D eigenvalue weighted by Crippen LogP contribution is 2.65. The molecular formula is C31H42N2O6. The molecule has 212 valence electrons. The van der Waals surface area contributed by atoms with Crippen molar-refractivity contribution in [3.8, 4) is 0 Å². The first-order valence-electron chi connectivity index (χ1n) is 14.2. The largest absolute Gasteiger partial charge is 0.465 e. The number of likely N-dealkylation sites (tertiary alicyclic amines) is 1. The van der Waals surface area contributed by atoms with E-state index in [4.69, 9.17) is 9.47 Å². The van der Waals surface area contributed by atoms with E-state index in [1.807, 2.05) is 44.2 Å². The lowest BCUT2D eigenvalue weighted by Gasteiger charge is -2.39. The number of hydrogen-bond donors (Lipinski definition) is 1. The number of amides is 2. The predicted octanol–water partition coefficient (Wildman–Crippen LogP) is 3.64. The van der Waals surface area contributed by atoms with E-state index in [1.165, 1.54) is 4.90 Å². The Hall–Kier alpha value is -2.97. The quantitative estimate of drug-likeness (QED) is 0.221. The third-order valence-electron chi connectivity index (χ3n) is 8.86. The minimum absolute atomic E-state index is 0.236. The van der Waals surface area contributed by atoms with Gasteiger partial charge in [0, 0.05) is 13.1 Å². The van der Waals surface area contributed by atoms with Crippen LogP contribution in [0.1, 0.15) is 57.9 Å². The number of carbonyl (C=O) groups excluding carboxylic acids is 3. The molecule has 3 fully saturated rings. The summed E-state index contributed by atoms with van der Waals surface area (Å²) >= 11 is 0. The van der Waals surface area contributed by atoms with Gasteiger partial charge in [-0.1, -0.05) is 56.3 Å². The minimum atomic E-state index is -1.16. The molecule has 0 radical (unpaired) electrons. The van der Waals surface area contributed by atoms with Crippen molar-refractivity contribution in [3.63, 3.8) is 0 Å². The van der Waals surface area contributed by atoms with Gasteiger partial charge < -0.3 is 24.4 Å². The maximum absolute atomic E-state index is 14.5. The van der Waals surface area contributed by atoms with Crippen molar-refractivity contribution < 1.29 is 29.0 Å². The highest BCUT2D eigenvalue weighted by molar-refractivity contribution is 5.98. The van der Waals surface area contributed by atoms with Crippen LogP contribution in [0.5, 0.6) is 0 Å². The maximum atomic E-state index is 14.5. The predicted molar refractivity (Wildman–Crippen MR) is 147 cm³/mol. The zero-order valence-corrected chi connectivity index (χ0v) is 23.2. The lowest BCUT2D eigenvalue weighted by molar-refractivity contribution is -0.163. The van der Waals surface area contributed by atoms with E-state index in [-0.39, 0.29) is 31.6 Å². The molecule has 3 aliphatic rings. The number of aliphatic hydroxyl groups is 1. The molecule has 2 bridgehead atoms. The van der Waals surface area contributed by atoms with Gasteiger partial charge in [0.1, 0.15) is 17.6 Å². The monoisotopic (exact) mass is 538 g/mol. The lowest BCUT2D eigenvalue weighted by Crippen LogP contribution is -2.58. The second-order valence-electron chi connectivity index (χ2n) is 10.9. The van der Waals surface area contributed by atoms with Crippen molar-refractivity contribution in [2.24, 2.45) is 11.8 Å². The molecule has 8 nitrogen and oxygen atoms in total. The second-order valence-corrected chi connectivity index (χ2v) is 10.9. The fourth-order valence-electron chi connectivity index (χ4n) is 6.96. The number of rotatable bonds is 14. The Bertz CT molecular complexity index is 1070. The molecule has 1 N–H and O–H groups in total. The average Bonchev–Trinajstić information content (AvgIpc) is 3.56. The SMILES string of the molecule is C=CCCCOC(=O)[C@H]1[C@H]2C(=O)N([C@@H](CC)CO)C(C(=O)N(CC=C)Cc3ccccc3)C23CC[C@]1(CC)O3. The van der Waals surface area contributed by atoms with Crippen molar-refractivity contribution >= 4 is 17.8 Å². The van der Waals surface area contributed by atoms with Crippen LogP contribution in [0.15, 0.2) is 55.6 Å². The van der Waals surface area contributed by atoms with Gasteiger partial charge in [0.25, 0.3) is 0 Å². The summed E-state index contributed by atoms with van der Waals surface area (Å²) in [6.07, 6.45) is 6.86. The van der Waals surface area contributed by atoms with Gasteiger partial charge in [0.15, 0.2) is 0 Å². The molecule has 6 atom stereocenters. The van der Waals surface area contributed by atoms with Crippen molar-refractivity contribution in [3.05, 3.63) is 61.2 Å². The fraction of sp³-hybridized carbons (Fsp3) is 0.581. The van der Waals surface area contributed by atoms with E-state index >= 15 is 0 Å². The summed E-state index contributed by atoms with van der Waals surface area (Å²) in [6, 6.07) is 8.13. The maximum Gasteiger partial charge on any atom is 0.312 e. The smallest absolute Gasteiger partial charge is 0.312 e. The molecule has 3 saturated heterocycles. The number of carbonyl (C=O) groups is 3. The second kappa shape index (κ2) is 12.0. The molecule has 0 aromatic heterocycles. The number of esters is 1. The standard InChI is InChI=1S/C31H42N2O6/c1-5-9-13-19-38-29(37)25-24-27(35)33(23(7-3)21-34)26(31(24)17-16-30(25,8-4)39-31)28(36)32(18-6-2)20-22-14-11-10-12-15-22/h5-6,10-12,14-15,23-26,34H,1-2,7-9,13,16-21H2,3-4H3/t23-,24-,25+,26?,30-,31?/m0/s1. The van der Waals surface area contributed by atoms with E-state index in [0.717, 1.165) is 12.0 Å². The third kappa shape index (κ3) is 4.93. The topological polar surface area (TPSA) is 96.4 Å². The number of aliphatic hydroxyl groups excluding tert-OH is 1. The van der Waals surface area contributed by atoms with Crippen LogP contribution in [-0.2, 0) is 30.4 Å². The molecule has 39 heavy (non-hydrogen) atoms. The Morgan fingerprint density at radius 1 is 1.23 bits per heavy atom. The number of allylic oxidation sites excluding steroid dienone is 1. The van der Waals surface area contributed by atoms with Crippen molar-refractivity contribution in [1.29, 1.82) is 0 Å². The van der Waals surface area contributed by atoms with Gasteiger partial charge in [-0.3, -0.25) is 14.4 Å². The van der Waals surface area contributed by atoms with E-state index in [1.54, 1.807) is 17.1 Å². The number of unbranched alkanes of at least 4 members (excludes halogenated alkanes) is 1. The number of ether oxygens (including phenoxy) is 2. The van der Waals surface area contributed by atoms with E-state index < -0.39 is 41.1 Å². The number of fused-ring (bicyclic) bond motifs is 1. The Morgan fingerprint density at radius 2 is 1.97 bits per heavy atom. The Morgan fingerprint density at radius 3 is 2.59 bits per heavy atom. The van der Waals surface area contributed by atoms with Crippen LogP contribution in [-0.4, -0.2) is 75.7 Å². The average molecular weight is 539 g/mol. The highest BCUT2D eigenvalue weighted by Gasteiger charge is 2.79. The number of hydrogen-bond acceptors (Lipinski definition) is 6. The summed E-state index contributed by atoms with van der Waals surface area (Å²) < 4.78 is 12.5. The summed E-state index contributed by atoms with van der Waals surface area (Å²) in [5, 5.41) is 10.3. The zero-order valence-electron chi connectivity index (χ0n) is 23.2. The third-order valence-corrected chi connectivity index (χ3v) is 8.86. The summed E-state index contributed by atoms with van der Waals surface area (Å²) in [7, 11) is 0.